The van der Waals surface area contributed by atoms with Crippen LogP contribution in [0.4, 0.5) is 0 Å². The van der Waals surface area contributed by atoms with E-state index in [1.54, 1.807) is 13.2 Å². The van der Waals surface area contributed by atoms with Crippen LogP contribution in [0.1, 0.15) is 33.1 Å². The molecule has 78 valence electrons. The number of unbranched alkanes of at least 4 members (excludes halogenated alkanes) is 1. The lowest BCUT2D eigenvalue weighted by atomic mass is 9.91. The van der Waals surface area contributed by atoms with Gasteiger partial charge in [-0.05, 0) is 31.4 Å². The summed E-state index contributed by atoms with van der Waals surface area (Å²) >= 11 is 0. The van der Waals surface area contributed by atoms with E-state index >= 15 is 0 Å². The summed E-state index contributed by atoms with van der Waals surface area (Å²) in [6.07, 6.45) is 4.82. The van der Waals surface area contributed by atoms with Crippen LogP contribution in [-0.4, -0.2) is 18.5 Å². The highest BCUT2D eigenvalue weighted by molar-refractivity contribution is 6.09. The highest BCUT2D eigenvalue weighted by Gasteiger charge is 2.39. The highest BCUT2D eigenvalue weighted by Crippen LogP contribution is 2.37. The summed E-state index contributed by atoms with van der Waals surface area (Å²) in [7, 11) is 1.63. The van der Waals surface area contributed by atoms with Gasteiger partial charge >= 0.3 is 0 Å². The van der Waals surface area contributed by atoms with Crippen molar-refractivity contribution in [2.24, 2.45) is 0 Å². The SMILES string of the molecule is C=C1C(=O)C=C(CCCC)C1(C)OC. The molecule has 0 fully saturated rings. The Bertz CT molecular complexity index is 289. The second-order valence-corrected chi connectivity index (χ2v) is 3.85. The molecule has 0 radical (unpaired) electrons. The van der Waals surface area contributed by atoms with Crippen LogP contribution in [-0.2, 0) is 9.53 Å². The Morgan fingerprint density at radius 1 is 1.57 bits per heavy atom. The van der Waals surface area contributed by atoms with E-state index in [0.29, 0.717) is 5.57 Å². The average molecular weight is 194 g/mol. The van der Waals surface area contributed by atoms with Crippen molar-refractivity contribution in [3.05, 3.63) is 23.8 Å². The largest absolute Gasteiger partial charge is 0.369 e. The van der Waals surface area contributed by atoms with Crippen molar-refractivity contribution in [1.29, 1.82) is 0 Å². The summed E-state index contributed by atoms with van der Waals surface area (Å²) in [6, 6.07) is 0. The van der Waals surface area contributed by atoms with Crippen LogP contribution >= 0.6 is 0 Å². The number of hydrogen-bond acceptors (Lipinski definition) is 2. The molecule has 1 atom stereocenters. The van der Waals surface area contributed by atoms with Crippen molar-refractivity contribution in [1.82, 2.24) is 0 Å². The molecule has 14 heavy (non-hydrogen) atoms. The molecular weight excluding hydrogens is 176 g/mol. The third kappa shape index (κ3) is 1.67. The van der Waals surface area contributed by atoms with Crippen LogP contribution in [0.2, 0.25) is 0 Å². The zero-order chi connectivity index (χ0) is 10.8. The van der Waals surface area contributed by atoms with Gasteiger partial charge < -0.3 is 4.74 Å². The number of carbonyl (C=O) groups excluding carboxylic acids is 1. The Kier molecular flexibility index (Phi) is 3.27. The molecule has 2 nitrogen and oxygen atoms in total. The van der Waals surface area contributed by atoms with Gasteiger partial charge in [0.15, 0.2) is 5.78 Å². The first-order chi connectivity index (χ1) is 6.56. The zero-order valence-corrected chi connectivity index (χ0v) is 9.22. The average Bonchev–Trinajstić information content (AvgIpc) is 2.40. The molecule has 1 unspecified atom stereocenters. The second-order valence-electron chi connectivity index (χ2n) is 3.85. The predicted octanol–water partition coefficient (Wildman–Crippen LogP) is 2.65. The van der Waals surface area contributed by atoms with E-state index in [4.69, 9.17) is 4.74 Å². The number of hydrogen-bond donors (Lipinski definition) is 0. The third-order valence-electron chi connectivity index (χ3n) is 3.00. The van der Waals surface area contributed by atoms with E-state index < -0.39 is 5.60 Å². The van der Waals surface area contributed by atoms with Crippen LogP contribution in [0.3, 0.4) is 0 Å². The van der Waals surface area contributed by atoms with E-state index in [2.05, 4.69) is 13.5 Å². The summed E-state index contributed by atoms with van der Waals surface area (Å²) < 4.78 is 5.40. The number of rotatable bonds is 4. The van der Waals surface area contributed by atoms with Gasteiger partial charge in [-0.15, -0.1) is 0 Å². The van der Waals surface area contributed by atoms with Crippen LogP contribution < -0.4 is 0 Å². The molecule has 0 saturated heterocycles. The van der Waals surface area contributed by atoms with Crippen molar-refractivity contribution in [3.63, 3.8) is 0 Å². The van der Waals surface area contributed by atoms with E-state index in [1.807, 2.05) is 6.92 Å². The Morgan fingerprint density at radius 3 is 2.71 bits per heavy atom. The van der Waals surface area contributed by atoms with Gasteiger partial charge in [0.2, 0.25) is 0 Å². The molecule has 0 heterocycles. The van der Waals surface area contributed by atoms with Gasteiger partial charge in [0, 0.05) is 12.7 Å². The topological polar surface area (TPSA) is 26.3 Å². The molecule has 1 rings (SSSR count). The first-order valence-corrected chi connectivity index (χ1v) is 5.06. The summed E-state index contributed by atoms with van der Waals surface area (Å²) in [4.78, 5) is 11.5. The Labute approximate surface area is 85.6 Å². The normalized spacial score (nSPS) is 26.9. The number of carbonyl (C=O) groups is 1. The Morgan fingerprint density at radius 2 is 2.21 bits per heavy atom. The van der Waals surface area contributed by atoms with Gasteiger partial charge in [-0.1, -0.05) is 19.9 Å². The maximum absolute atomic E-state index is 11.5. The summed E-state index contributed by atoms with van der Waals surface area (Å²) in [5.74, 6) is 0.0143. The van der Waals surface area contributed by atoms with Gasteiger partial charge in [-0.2, -0.15) is 0 Å². The smallest absolute Gasteiger partial charge is 0.184 e. The fourth-order valence-electron chi connectivity index (χ4n) is 1.74. The fraction of sp³-hybridized carbons (Fsp3) is 0.583. The van der Waals surface area contributed by atoms with E-state index in [9.17, 15) is 4.79 Å². The van der Waals surface area contributed by atoms with Gasteiger partial charge in [-0.3, -0.25) is 4.79 Å². The molecule has 0 aromatic heterocycles. The van der Waals surface area contributed by atoms with Crippen LogP contribution in [0.5, 0.6) is 0 Å². The van der Waals surface area contributed by atoms with E-state index in [0.717, 1.165) is 24.8 Å². The summed E-state index contributed by atoms with van der Waals surface area (Å²) in [5.41, 5.74) is 1.08. The molecule has 0 spiro atoms. The molecule has 0 N–H and O–H groups in total. The minimum Gasteiger partial charge on any atom is -0.369 e. The second kappa shape index (κ2) is 4.09. The maximum atomic E-state index is 11.5. The molecule has 0 amide bonds. The van der Waals surface area contributed by atoms with Gasteiger partial charge in [0.1, 0.15) is 5.60 Å². The number of methoxy groups -OCH3 is 1. The summed E-state index contributed by atoms with van der Waals surface area (Å²) in [6.45, 7) is 7.84. The molecule has 0 aromatic rings. The van der Waals surface area contributed by atoms with Crippen molar-refractivity contribution in [3.8, 4) is 0 Å². The zero-order valence-electron chi connectivity index (χ0n) is 9.22. The lowest BCUT2D eigenvalue weighted by Gasteiger charge is -2.27. The van der Waals surface area contributed by atoms with Gasteiger partial charge in [0.25, 0.3) is 0 Å². The van der Waals surface area contributed by atoms with Crippen molar-refractivity contribution in [2.75, 3.05) is 7.11 Å². The number of ether oxygens (including phenoxy) is 1. The minimum absolute atomic E-state index is 0.0143. The molecule has 0 saturated carbocycles. The molecule has 0 aromatic carbocycles. The van der Waals surface area contributed by atoms with E-state index in [1.165, 1.54) is 0 Å². The number of allylic oxidation sites excluding steroid dienone is 1. The maximum Gasteiger partial charge on any atom is 0.184 e. The predicted molar refractivity (Wildman–Crippen MR) is 57.2 cm³/mol. The monoisotopic (exact) mass is 194 g/mol. The van der Waals surface area contributed by atoms with E-state index in [-0.39, 0.29) is 5.78 Å². The van der Waals surface area contributed by atoms with Crippen LogP contribution in [0, 0.1) is 0 Å². The van der Waals surface area contributed by atoms with Crippen molar-refractivity contribution in [2.45, 2.75) is 38.7 Å². The first kappa shape index (κ1) is 11.2. The molecule has 2 heteroatoms. The van der Waals surface area contributed by atoms with Gasteiger partial charge in [0.05, 0.1) is 0 Å². The molecule has 1 aliphatic rings. The standard InChI is InChI=1S/C12H18O2/c1-5-6-7-10-8-11(13)9(2)12(10,3)14-4/h8H,2,5-7H2,1,3-4H3. The third-order valence-corrected chi connectivity index (χ3v) is 3.00. The Hall–Kier alpha value is -0.890. The summed E-state index contributed by atoms with van der Waals surface area (Å²) in [5, 5.41) is 0. The fourth-order valence-corrected chi connectivity index (χ4v) is 1.74. The molecule has 0 bridgehead atoms. The van der Waals surface area contributed by atoms with Crippen LogP contribution in [0.25, 0.3) is 0 Å². The first-order valence-electron chi connectivity index (χ1n) is 5.06. The lowest BCUT2D eigenvalue weighted by Crippen LogP contribution is -2.30. The quantitative estimate of drug-likeness (QED) is 0.643. The molecular formula is C12H18O2. The highest BCUT2D eigenvalue weighted by atomic mass is 16.5. The minimum atomic E-state index is -0.549. The molecule has 1 aliphatic carbocycles. The Balaban J connectivity index is 2.87. The van der Waals surface area contributed by atoms with Gasteiger partial charge in [-0.25, -0.2) is 0 Å². The lowest BCUT2D eigenvalue weighted by molar-refractivity contribution is -0.112. The van der Waals surface area contributed by atoms with Crippen molar-refractivity contribution < 1.29 is 9.53 Å². The van der Waals surface area contributed by atoms with Crippen molar-refractivity contribution >= 4 is 5.78 Å². The number of ketones is 1. The van der Waals surface area contributed by atoms with Crippen LogP contribution in [0.15, 0.2) is 23.8 Å². The molecule has 0 aliphatic heterocycles.